The standard InChI is InChI=1S/C25H28N4O6/c1-13-8-16-17(9-14(13)2)29(23-21(26-16)24(32)28-25(33)27-23)11-18-22(31)19(12-30)35-20(34-18)10-15-6-4-3-5-7-15/h3-9,18-20,22,26,30-31H,10-12H2,1-2H3,(H2,27,28,32,33)/p-1/t18-,19+,20-,22-/m0/s1. The minimum absolute atomic E-state index is 0.0758. The molecular weight excluding hydrogens is 452 g/mol. The predicted octanol–water partition coefficient (Wildman–Crippen LogP) is 1.36. The maximum atomic E-state index is 12.6. The molecule has 35 heavy (non-hydrogen) atoms. The first-order valence-electron chi connectivity index (χ1n) is 11.4. The summed E-state index contributed by atoms with van der Waals surface area (Å²) in [5.74, 6) is 0.150. The molecule has 0 radical (unpaired) electrons. The van der Waals surface area contributed by atoms with E-state index in [2.05, 4.69) is 15.3 Å². The lowest BCUT2D eigenvalue weighted by atomic mass is 10.0. The quantitative estimate of drug-likeness (QED) is 0.426. The van der Waals surface area contributed by atoms with Gasteiger partial charge < -0.3 is 40.0 Å². The molecule has 1 aromatic heterocycles. The van der Waals surface area contributed by atoms with Gasteiger partial charge in [0.2, 0.25) is 0 Å². The third-order valence-electron chi connectivity index (χ3n) is 6.50. The second-order valence-electron chi connectivity index (χ2n) is 8.90. The van der Waals surface area contributed by atoms with Crippen LogP contribution in [0.5, 0.6) is 6.01 Å². The number of aliphatic hydroxyl groups is 2. The molecule has 4 N–H and O–H groups in total. The molecule has 0 saturated carbocycles. The summed E-state index contributed by atoms with van der Waals surface area (Å²) >= 11 is 0. The summed E-state index contributed by atoms with van der Waals surface area (Å²) in [6.07, 6.45) is -3.07. The van der Waals surface area contributed by atoms with E-state index in [0.717, 1.165) is 16.7 Å². The molecule has 3 aromatic rings. The molecule has 1 saturated heterocycles. The van der Waals surface area contributed by atoms with Crippen molar-refractivity contribution < 1.29 is 24.8 Å². The van der Waals surface area contributed by atoms with E-state index in [1.165, 1.54) is 0 Å². The molecule has 4 atom stereocenters. The fourth-order valence-corrected chi connectivity index (χ4v) is 4.51. The maximum Gasteiger partial charge on any atom is 0.276 e. The van der Waals surface area contributed by atoms with Gasteiger partial charge in [-0.1, -0.05) is 30.3 Å². The van der Waals surface area contributed by atoms with Crippen molar-refractivity contribution in [1.82, 2.24) is 9.97 Å². The minimum Gasteiger partial charge on any atom is -0.846 e. The van der Waals surface area contributed by atoms with Gasteiger partial charge >= 0.3 is 0 Å². The van der Waals surface area contributed by atoms with E-state index >= 15 is 0 Å². The van der Waals surface area contributed by atoms with Gasteiger partial charge in [0.15, 0.2) is 12.1 Å². The Balaban J connectivity index is 1.51. The summed E-state index contributed by atoms with van der Waals surface area (Å²) < 4.78 is 12.0. The number of aromatic amines is 1. The van der Waals surface area contributed by atoms with Gasteiger partial charge in [0.1, 0.15) is 24.0 Å². The Bertz CT molecular complexity index is 1280. The Labute approximate surface area is 201 Å². The Morgan fingerprint density at radius 2 is 1.83 bits per heavy atom. The molecular formula is C25H27N4O6-. The summed E-state index contributed by atoms with van der Waals surface area (Å²) in [6, 6.07) is 12.7. The molecule has 10 heteroatoms. The zero-order valence-electron chi connectivity index (χ0n) is 19.4. The highest BCUT2D eigenvalue weighted by atomic mass is 16.7. The molecule has 2 aromatic carbocycles. The molecule has 0 unspecified atom stereocenters. The second kappa shape index (κ2) is 9.31. The van der Waals surface area contributed by atoms with Gasteiger partial charge in [-0.25, -0.2) is 4.98 Å². The zero-order chi connectivity index (χ0) is 24.7. The topological polar surface area (TPSA) is 143 Å². The summed E-state index contributed by atoms with van der Waals surface area (Å²) in [7, 11) is 0. The van der Waals surface area contributed by atoms with E-state index in [9.17, 15) is 20.1 Å². The molecule has 0 aliphatic carbocycles. The Hall–Kier alpha value is -3.44. The molecule has 2 aliphatic heterocycles. The second-order valence-corrected chi connectivity index (χ2v) is 8.90. The Kier molecular flexibility index (Phi) is 6.20. The number of benzene rings is 2. The summed E-state index contributed by atoms with van der Waals surface area (Å²) in [6.45, 7) is 3.62. The van der Waals surface area contributed by atoms with Crippen molar-refractivity contribution in [2.24, 2.45) is 0 Å². The third kappa shape index (κ3) is 4.48. The van der Waals surface area contributed by atoms with Gasteiger partial charge in [-0.05, 0) is 42.7 Å². The number of ether oxygens (including phenoxy) is 2. The number of anilines is 4. The predicted molar refractivity (Wildman–Crippen MR) is 127 cm³/mol. The molecule has 3 heterocycles. The molecule has 0 amide bonds. The van der Waals surface area contributed by atoms with Crippen molar-refractivity contribution in [3.8, 4) is 6.01 Å². The summed E-state index contributed by atoms with van der Waals surface area (Å²) in [5.41, 5.74) is 3.94. The van der Waals surface area contributed by atoms with Crippen LogP contribution in [0.1, 0.15) is 16.7 Å². The van der Waals surface area contributed by atoms with Crippen LogP contribution in [0.3, 0.4) is 0 Å². The first-order valence-corrected chi connectivity index (χ1v) is 11.4. The number of hydrogen-bond acceptors (Lipinski definition) is 9. The number of rotatable bonds is 5. The number of nitrogens with zero attached hydrogens (tertiary/aromatic N) is 2. The van der Waals surface area contributed by atoms with E-state index in [1.54, 1.807) is 4.90 Å². The number of H-pyrrole nitrogens is 1. The highest BCUT2D eigenvalue weighted by Gasteiger charge is 2.40. The maximum absolute atomic E-state index is 12.6. The van der Waals surface area contributed by atoms with Crippen LogP contribution in [-0.4, -0.2) is 57.9 Å². The molecule has 10 nitrogen and oxygen atoms in total. The van der Waals surface area contributed by atoms with Crippen LogP contribution in [0.4, 0.5) is 22.9 Å². The smallest absolute Gasteiger partial charge is 0.276 e. The van der Waals surface area contributed by atoms with Crippen LogP contribution in [0.15, 0.2) is 47.3 Å². The fourth-order valence-electron chi connectivity index (χ4n) is 4.51. The van der Waals surface area contributed by atoms with E-state index in [-0.39, 0.29) is 24.7 Å². The number of aromatic nitrogens is 2. The van der Waals surface area contributed by atoms with Crippen LogP contribution < -0.4 is 20.9 Å². The monoisotopic (exact) mass is 479 g/mol. The van der Waals surface area contributed by atoms with Crippen molar-refractivity contribution in [3.05, 3.63) is 69.5 Å². The number of aryl methyl sites for hydroxylation is 2. The van der Waals surface area contributed by atoms with Crippen LogP contribution in [0.25, 0.3) is 0 Å². The molecule has 0 bridgehead atoms. The normalized spacial score (nSPS) is 23.4. The van der Waals surface area contributed by atoms with Gasteiger partial charge in [0, 0.05) is 6.42 Å². The molecule has 184 valence electrons. The van der Waals surface area contributed by atoms with E-state index < -0.39 is 36.2 Å². The average molecular weight is 480 g/mol. The lowest BCUT2D eigenvalue weighted by molar-refractivity contribution is -0.285. The number of fused-ring (bicyclic) bond motifs is 2. The Morgan fingerprint density at radius 1 is 1.11 bits per heavy atom. The number of nitrogens with one attached hydrogen (secondary N) is 2. The van der Waals surface area contributed by atoms with Gasteiger partial charge in [-0.3, -0.25) is 4.79 Å². The highest BCUT2D eigenvalue weighted by Crippen LogP contribution is 2.43. The number of aliphatic hydroxyl groups excluding tert-OH is 2. The molecule has 0 spiro atoms. The minimum atomic E-state index is -1.14. The average Bonchev–Trinajstić information content (AvgIpc) is 2.83. The largest absolute Gasteiger partial charge is 0.846 e. The summed E-state index contributed by atoms with van der Waals surface area (Å²) in [4.78, 5) is 20.5. The van der Waals surface area contributed by atoms with Crippen molar-refractivity contribution >= 4 is 22.9 Å². The van der Waals surface area contributed by atoms with Gasteiger partial charge in [-0.15, -0.1) is 0 Å². The van der Waals surface area contributed by atoms with Gasteiger partial charge in [-0.2, -0.15) is 0 Å². The highest BCUT2D eigenvalue weighted by molar-refractivity contribution is 5.90. The molecule has 2 aliphatic rings. The Morgan fingerprint density at radius 3 is 2.57 bits per heavy atom. The van der Waals surface area contributed by atoms with Gasteiger partial charge in [0.25, 0.3) is 5.56 Å². The number of hydrogen-bond donors (Lipinski definition) is 4. The first kappa shape index (κ1) is 23.3. The van der Waals surface area contributed by atoms with Crippen molar-refractivity contribution in [3.63, 3.8) is 0 Å². The fraction of sp³-hybridized carbons (Fsp3) is 0.360. The van der Waals surface area contributed by atoms with Crippen LogP contribution >= 0.6 is 0 Å². The van der Waals surface area contributed by atoms with Crippen LogP contribution in [-0.2, 0) is 15.9 Å². The van der Waals surface area contributed by atoms with Crippen molar-refractivity contribution in [2.45, 2.75) is 44.9 Å². The summed E-state index contributed by atoms with van der Waals surface area (Å²) in [5, 5.41) is 36.0. The van der Waals surface area contributed by atoms with Gasteiger partial charge in [0.05, 0.1) is 30.5 Å². The van der Waals surface area contributed by atoms with Crippen LogP contribution in [0.2, 0.25) is 0 Å². The van der Waals surface area contributed by atoms with E-state index in [1.807, 2.05) is 56.3 Å². The SMILES string of the molecule is Cc1cc2c(cc1C)N(C[C@@H]1O[C@H](Cc3ccccc3)O[C@H](CO)[C@H]1O)c1nc([O-])[nH]c(=O)c1N2. The molecule has 1 fully saturated rings. The van der Waals surface area contributed by atoms with Crippen molar-refractivity contribution in [1.29, 1.82) is 0 Å². The van der Waals surface area contributed by atoms with E-state index in [0.29, 0.717) is 17.8 Å². The lowest BCUT2D eigenvalue weighted by Gasteiger charge is -2.42. The van der Waals surface area contributed by atoms with Crippen molar-refractivity contribution in [2.75, 3.05) is 23.4 Å². The lowest BCUT2D eigenvalue weighted by Crippen LogP contribution is -2.55. The van der Waals surface area contributed by atoms with E-state index in [4.69, 9.17) is 9.47 Å². The van der Waals surface area contributed by atoms with Crippen LogP contribution in [0, 0.1) is 13.8 Å². The molecule has 5 rings (SSSR count). The first-order chi connectivity index (χ1) is 16.8. The third-order valence-corrected chi connectivity index (χ3v) is 6.50. The zero-order valence-corrected chi connectivity index (χ0v) is 19.4.